The lowest BCUT2D eigenvalue weighted by Gasteiger charge is -2.11. The second-order valence-corrected chi connectivity index (χ2v) is 7.57. The molecule has 0 aromatic carbocycles. The predicted octanol–water partition coefficient (Wildman–Crippen LogP) is 0.776. The van der Waals surface area contributed by atoms with Crippen molar-refractivity contribution in [3.8, 4) is 0 Å². The third kappa shape index (κ3) is 5.57. The van der Waals surface area contributed by atoms with Crippen molar-refractivity contribution in [2.75, 3.05) is 6.26 Å². The first-order valence-corrected chi connectivity index (χ1v) is 9.53. The molecule has 9 heteroatoms. The number of aryl methyl sites for hydroxylation is 3. The van der Waals surface area contributed by atoms with Crippen molar-refractivity contribution < 1.29 is 13.2 Å². The minimum absolute atomic E-state index is 0.0317. The third-order valence-electron chi connectivity index (χ3n) is 3.55. The molecule has 2 N–H and O–H groups in total. The molecule has 0 saturated heterocycles. The van der Waals surface area contributed by atoms with Crippen molar-refractivity contribution in [2.24, 2.45) is 0 Å². The van der Waals surface area contributed by atoms with Crippen LogP contribution in [0.3, 0.4) is 0 Å². The fourth-order valence-corrected chi connectivity index (χ4v) is 2.76. The van der Waals surface area contributed by atoms with E-state index in [1.165, 1.54) is 6.20 Å². The van der Waals surface area contributed by atoms with Crippen LogP contribution in [-0.2, 0) is 23.1 Å². The Labute approximate surface area is 147 Å². The number of hydrogen-bond donors (Lipinski definition) is 2. The maximum Gasteiger partial charge on any atom is 0.251 e. The smallest absolute Gasteiger partial charge is 0.251 e. The van der Waals surface area contributed by atoms with Crippen LogP contribution in [0.4, 0.5) is 0 Å². The van der Waals surface area contributed by atoms with Gasteiger partial charge in [-0.1, -0.05) is 0 Å². The Bertz CT molecular complexity index is 873. The number of nitrogens with zero attached hydrogens (tertiary/aromatic N) is 3. The summed E-state index contributed by atoms with van der Waals surface area (Å²) in [5, 5.41) is 2.83. The van der Waals surface area contributed by atoms with Gasteiger partial charge in [-0.2, -0.15) is 0 Å². The molecular weight excluding hydrogens is 342 g/mol. The molecule has 25 heavy (non-hydrogen) atoms. The number of rotatable bonds is 6. The highest BCUT2D eigenvalue weighted by atomic mass is 32.2. The molecule has 0 spiro atoms. The summed E-state index contributed by atoms with van der Waals surface area (Å²) in [5.41, 5.74) is 3.41. The highest BCUT2D eigenvalue weighted by Gasteiger charge is 2.11. The van der Waals surface area contributed by atoms with E-state index >= 15 is 0 Å². The largest absolute Gasteiger partial charge is 0.348 e. The number of carbonyl (C=O) groups excluding carboxylic acids is 1. The van der Waals surface area contributed by atoms with Gasteiger partial charge in [-0.25, -0.2) is 23.1 Å². The number of carbonyl (C=O) groups is 1. The van der Waals surface area contributed by atoms with Crippen molar-refractivity contribution in [3.05, 3.63) is 52.4 Å². The number of amides is 1. The lowest BCUT2D eigenvalue weighted by Crippen LogP contribution is -2.25. The first kappa shape index (κ1) is 18.9. The van der Waals surface area contributed by atoms with E-state index < -0.39 is 10.0 Å². The van der Waals surface area contributed by atoms with Gasteiger partial charge in [0.2, 0.25) is 10.0 Å². The minimum Gasteiger partial charge on any atom is -0.348 e. The number of aromatic nitrogens is 3. The summed E-state index contributed by atoms with van der Waals surface area (Å²) in [5.74, 6) is 0.421. The van der Waals surface area contributed by atoms with Crippen molar-refractivity contribution in [3.63, 3.8) is 0 Å². The normalized spacial score (nSPS) is 11.4. The van der Waals surface area contributed by atoms with Crippen LogP contribution >= 0.6 is 0 Å². The standard InChI is InChI=1S/C16H21N5O3S/c1-10-15(11(2)21-12(3)20-10)9-18-16(22)13-5-6-17-14(7-13)8-19-25(4,23)24/h5-7,19H,8-9H2,1-4H3,(H,18,22). The zero-order valence-electron chi connectivity index (χ0n) is 14.6. The van der Waals surface area contributed by atoms with E-state index in [4.69, 9.17) is 0 Å². The van der Waals surface area contributed by atoms with Crippen LogP contribution < -0.4 is 10.0 Å². The molecule has 2 rings (SSSR count). The van der Waals surface area contributed by atoms with Gasteiger partial charge in [-0.15, -0.1) is 0 Å². The van der Waals surface area contributed by atoms with E-state index in [0.29, 0.717) is 23.6 Å². The Morgan fingerprint density at radius 3 is 2.36 bits per heavy atom. The highest BCUT2D eigenvalue weighted by molar-refractivity contribution is 7.88. The molecule has 0 radical (unpaired) electrons. The van der Waals surface area contributed by atoms with E-state index in [1.807, 2.05) is 20.8 Å². The second-order valence-electron chi connectivity index (χ2n) is 5.73. The molecule has 0 unspecified atom stereocenters. The van der Waals surface area contributed by atoms with Gasteiger partial charge < -0.3 is 5.32 Å². The Hall–Kier alpha value is -2.39. The van der Waals surface area contributed by atoms with Crippen LogP contribution in [0.1, 0.15) is 38.8 Å². The topological polar surface area (TPSA) is 114 Å². The van der Waals surface area contributed by atoms with E-state index in [1.54, 1.807) is 12.1 Å². The molecule has 2 aromatic rings. The predicted molar refractivity (Wildman–Crippen MR) is 93.3 cm³/mol. The van der Waals surface area contributed by atoms with Gasteiger partial charge in [0.1, 0.15) is 5.82 Å². The van der Waals surface area contributed by atoms with Crippen molar-refractivity contribution in [1.29, 1.82) is 0 Å². The van der Waals surface area contributed by atoms with Crippen LogP contribution in [0.15, 0.2) is 18.3 Å². The number of sulfonamides is 1. The Balaban J connectivity index is 2.06. The summed E-state index contributed by atoms with van der Waals surface area (Å²) in [6.45, 7) is 5.93. The number of pyridine rings is 1. The first-order valence-electron chi connectivity index (χ1n) is 7.64. The van der Waals surface area contributed by atoms with Crippen LogP contribution in [0.25, 0.3) is 0 Å². The Morgan fingerprint density at radius 2 is 1.76 bits per heavy atom. The molecule has 1 amide bonds. The first-order chi connectivity index (χ1) is 11.7. The molecule has 2 heterocycles. The van der Waals surface area contributed by atoms with Gasteiger partial charge in [0.15, 0.2) is 0 Å². The molecule has 0 saturated carbocycles. The summed E-state index contributed by atoms with van der Waals surface area (Å²) in [6, 6.07) is 3.13. The van der Waals surface area contributed by atoms with E-state index in [-0.39, 0.29) is 12.5 Å². The van der Waals surface area contributed by atoms with E-state index in [9.17, 15) is 13.2 Å². The average molecular weight is 363 g/mol. The maximum absolute atomic E-state index is 12.3. The monoisotopic (exact) mass is 363 g/mol. The Kier molecular flexibility index (Phi) is 5.81. The summed E-state index contributed by atoms with van der Waals surface area (Å²) < 4.78 is 24.6. The number of hydrogen-bond acceptors (Lipinski definition) is 6. The van der Waals surface area contributed by atoms with Crippen LogP contribution in [0.2, 0.25) is 0 Å². The van der Waals surface area contributed by atoms with Crippen molar-refractivity contribution in [1.82, 2.24) is 25.0 Å². The molecular formula is C16H21N5O3S. The molecule has 2 aromatic heterocycles. The summed E-state index contributed by atoms with van der Waals surface area (Å²) >= 11 is 0. The van der Waals surface area contributed by atoms with E-state index in [2.05, 4.69) is 25.0 Å². The van der Waals surface area contributed by atoms with Crippen LogP contribution in [-0.4, -0.2) is 35.5 Å². The quantitative estimate of drug-likeness (QED) is 0.784. The van der Waals surface area contributed by atoms with Gasteiger partial charge in [0.05, 0.1) is 18.5 Å². The molecule has 134 valence electrons. The number of nitrogens with one attached hydrogen (secondary N) is 2. The SMILES string of the molecule is Cc1nc(C)c(CNC(=O)c2ccnc(CNS(C)(=O)=O)c2)c(C)n1. The molecule has 0 aliphatic rings. The van der Waals surface area contributed by atoms with Crippen LogP contribution in [0, 0.1) is 20.8 Å². The summed E-state index contributed by atoms with van der Waals surface area (Å²) in [7, 11) is -3.32. The molecule has 0 atom stereocenters. The maximum atomic E-state index is 12.3. The minimum atomic E-state index is -3.32. The zero-order chi connectivity index (χ0) is 18.6. The third-order valence-corrected chi connectivity index (χ3v) is 4.22. The lowest BCUT2D eigenvalue weighted by molar-refractivity contribution is 0.0950. The molecule has 8 nitrogen and oxygen atoms in total. The summed E-state index contributed by atoms with van der Waals surface area (Å²) in [6.07, 6.45) is 2.54. The molecule has 0 aliphatic carbocycles. The fraction of sp³-hybridized carbons (Fsp3) is 0.375. The van der Waals surface area contributed by atoms with Crippen molar-refractivity contribution in [2.45, 2.75) is 33.9 Å². The highest BCUT2D eigenvalue weighted by Crippen LogP contribution is 2.10. The van der Waals surface area contributed by atoms with Gasteiger partial charge in [0.25, 0.3) is 5.91 Å². The second kappa shape index (κ2) is 7.66. The fourth-order valence-electron chi connectivity index (χ4n) is 2.35. The van der Waals surface area contributed by atoms with Gasteiger partial charge in [-0.05, 0) is 32.9 Å². The van der Waals surface area contributed by atoms with Crippen molar-refractivity contribution >= 4 is 15.9 Å². The molecule has 0 bridgehead atoms. The average Bonchev–Trinajstić information content (AvgIpc) is 2.51. The van der Waals surface area contributed by atoms with Gasteiger partial charge in [0, 0.05) is 35.3 Å². The zero-order valence-corrected chi connectivity index (χ0v) is 15.4. The molecule has 0 fully saturated rings. The summed E-state index contributed by atoms with van der Waals surface area (Å²) in [4.78, 5) is 25.0. The van der Waals surface area contributed by atoms with Gasteiger partial charge in [-0.3, -0.25) is 9.78 Å². The van der Waals surface area contributed by atoms with Gasteiger partial charge >= 0.3 is 0 Å². The molecule has 0 aliphatic heterocycles. The lowest BCUT2D eigenvalue weighted by atomic mass is 10.1. The van der Waals surface area contributed by atoms with Crippen LogP contribution in [0.5, 0.6) is 0 Å². The Morgan fingerprint density at radius 1 is 1.12 bits per heavy atom. The van der Waals surface area contributed by atoms with E-state index in [0.717, 1.165) is 23.2 Å².